The van der Waals surface area contributed by atoms with Crippen LogP contribution in [0.5, 0.6) is 5.75 Å². The lowest BCUT2D eigenvalue weighted by molar-refractivity contribution is -0.123. The van der Waals surface area contributed by atoms with E-state index < -0.39 is 23.9 Å². The highest BCUT2D eigenvalue weighted by Crippen LogP contribution is 2.49. The number of aryl methyl sites for hydroxylation is 2. The van der Waals surface area contributed by atoms with Gasteiger partial charge in [0.15, 0.2) is 0 Å². The molecule has 43 heavy (non-hydrogen) atoms. The van der Waals surface area contributed by atoms with E-state index in [-0.39, 0.29) is 30.1 Å². The van der Waals surface area contributed by atoms with Gasteiger partial charge in [-0.15, -0.1) is 0 Å². The number of phenolic OH excluding ortho intramolecular Hbond substituents is 1. The van der Waals surface area contributed by atoms with E-state index in [0.717, 1.165) is 33.5 Å². The van der Waals surface area contributed by atoms with Crippen LogP contribution >= 0.6 is 0 Å². The number of hydrogen-bond donors (Lipinski definition) is 3. The van der Waals surface area contributed by atoms with Crippen LogP contribution in [0.1, 0.15) is 55.5 Å². The number of phenols is 1. The van der Waals surface area contributed by atoms with Crippen LogP contribution in [-0.4, -0.2) is 44.8 Å². The van der Waals surface area contributed by atoms with Gasteiger partial charge in [-0.3, -0.25) is 19.5 Å². The summed E-state index contributed by atoms with van der Waals surface area (Å²) in [6.45, 7) is 7.45. The number of carbonyl (C=O) groups is 2. The molecule has 2 heterocycles. The van der Waals surface area contributed by atoms with E-state index in [0.29, 0.717) is 30.5 Å². The number of pyridine rings is 1. The third kappa shape index (κ3) is 5.92. The first-order valence-corrected chi connectivity index (χ1v) is 15.0. The van der Waals surface area contributed by atoms with E-state index in [1.165, 1.54) is 4.90 Å². The van der Waals surface area contributed by atoms with E-state index in [1.54, 1.807) is 30.5 Å². The Morgan fingerprint density at radius 3 is 2.30 bits per heavy atom. The molecule has 1 aliphatic carbocycles. The molecule has 1 saturated heterocycles. The second kappa shape index (κ2) is 12.7. The number of benzene rings is 2. The van der Waals surface area contributed by atoms with Crippen LogP contribution in [-0.2, 0) is 9.59 Å². The molecule has 1 aliphatic heterocycles. The zero-order valence-corrected chi connectivity index (χ0v) is 25.2. The van der Waals surface area contributed by atoms with Crippen molar-refractivity contribution >= 4 is 29.2 Å². The minimum absolute atomic E-state index is 0.0297. The molecule has 2 aliphatic rings. The molecule has 3 N–H and O–H groups in total. The molecule has 2 amide bonds. The Morgan fingerprint density at radius 2 is 1.70 bits per heavy atom. The number of aromatic hydroxyl groups is 1. The first-order chi connectivity index (χ1) is 20.6. The minimum atomic E-state index is -0.917. The van der Waals surface area contributed by atoms with Gasteiger partial charge in [0.1, 0.15) is 5.75 Å². The van der Waals surface area contributed by atoms with Crippen molar-refractivity contribution in [2.24, 2.45) is 23.7 Å². The zero-order valence-electron chi connectivity index (χ0n) is 25.2. The Kier molecular flexibility index (Phi) is 8.95. The van der Waals surface area contributed by atoms with Gasteiger partial charge in [0, 0.05) is 12.1 Å². The lowest BCUT2D eigenvalue weighted by atomic mass is 9.66. The summed E-state index contributed by atoms with van der Waals surface area (Å²) in [7, 11) is 0. The first kappa shape index (κ1) is 30.4. The second-order valence-corrected chi connectivity index (χ2v) is 12.1. The maximum atomic E-state index is 13.8. The topological polar surface area (TPSA) is 111 Å². The Labute approximate surface area is 253 Å². The molecule has 1 fully saturated rings. The molecule has 5 rings (SSSR count). The summed E-state index contributed by atoms with van der Waals surface area (Å²) < 4.78 is 0. The van der Waals surface area contributed by atoms with Crippen LogP contribution in [0.25, 0.3) is 11.6 Å². The maximum Gasteiger partial charge on any atom is 0.238 e. The van der Waals surface area contributed by atoms with Gasteiger partial charge < -0.3 is 15.3 Å². The number of para-hydroxylation sites is 1. The summed E-state index contributed by atoms with van der Waals surface area (Å²) >= 11 is 0. The van der Waals surface area contributed by atoms with Gasteiger partial charge in [-0.25, -0.2) is 0 Å². The number of rotatable bonds is 9. The number of hydrogen-bond acceptors (Lipinski definition) is 6. The van der Waals surface area contributed by atoms with Crippen molar-refractivity contribution < 1.29 is 24.9 Å². The van der Waals surface area contributed by atoms with E-state index >= 15 is 0 Å². The summed E-state index contributed by atoms with van der Waals surface area (Å²) in [5.41, 5.74) is 6.35. The van der Waals surface area contributed by atoms with Crippen molar-refractivity contribution in [3.05, 3.63) is 100 Å². The number of allylic oxidation sites excluding steroid dienone is 2. The van der Waals surface area contributed by atoms with Gasteiger partial charge in [-0.1, -0.05) is 43.7 Å². The largest absolute Gasteiger partial charge is 0.507 e. The molecular weight excluding hydrogens is 540 g/mol. The molecule has 7 heteroatoms. The minimum Gasteiger partial charge on any atom is -0.507 e. The molecule has 4 atom stereocenters. The smallest absolute Gasteiger partial charge is 0.238 e. The second-order valence-electron chi connectivity index (χ2n) is 12.1. The highest BCUT2D eigenvalue weighted by Gasteiger charge is 2.55. The van der Waals surface area contributed by atoms with Gasteiger partial charge in [0.25, 0.3) is 0 Å². The van der Waals surface area contributed by atoms with Crippen LogP contribution in [0.2, 0.25) is 0 Å². The van der Waals surface area contributed by atoms with Gasteiger partial charge in [-0.05, 0) is 109 Å². The van der Waals surface area contributed by atoms with Crippen molar-refractivity contribution in [1.82, 2.24) is 4.98 Å². The molecule has 0 bridgehead atoms. The van der Waals surface area contributed by atoms with E-state index in [9.17, 15) is 24.9 Å². The lowest BCUT2D eigenvalue weighted by Crippen LogP contribution is -2.39. The van der Waals surface area contributed by atoms with Crippen LogP contribution in [0, 0.1) is 37.5 Å². The Morgan fingerprint density at radius 1 is 1.02 bits per heavy atom. The number of aliphatic hydroxyl groups is 2. The molecule has 224 valence electrons. The summed E-state index contributed by atoms with van der Waals surface area (Å²) in [5, 5.41) is 32.7. The quantitative estimate of drug-likeness (QED) is 0.216. The van der Waals surface area contributed by atoms with Crippen LogP contribution < -0.4 is 4.90 Å². The molecule has 7 nitrogen and oxygen atoms in total. The van der Waals surface area contributed by atoms with E-state index in [4.69, 9.17) is 0 Å². The normalized spacial score (nSPS) is 21.5. The van der Waals surface area contributed by atoms with Crippen molar-refractivity contribution in [2.45, 2.75) is 53.1 Å². The van der Waals surface area contributed by atoms with Crippen molar-refractivity contribution in [1.29, 1.82) is 0 Å². The van der Waals surface area contributed by atoms with E-state index in [1.807, 2.05) is 70.2 Å². The molecular formula is C36H40N2O5. The highest BCUT2D eigenvalue weighted by atomic mass is 16.3. The summed E-state index contributed by atoms with van der Waals surface area (Å²) in [6, 6.07) is 18.5. The predicted molar refractivity (Wildman–Crippen MR) is 168 cm³/mol. The third-order valence-electron chi connectivity index (χ3n) is 8.92. The first-order valence-electron chi connectivity index (χ1n) is 15.0. The summed E-state index contributed by atoms with van der Waals surface area (Å²) in [6.07, 6.45) is 4.07. The number of imide groups is 1. The van der Waals surface area contributed by atoms with Crippen LogP contribution in [0.3, 0.4) is 0 Å². The lowest BCUT2D eigenvalue weighted by Gasteiger charge is -2.38. The fourth-order valence-electron chi connectivity index (χ4n) is 6.82. The fourth-order valence-corrected chi connectivity index (χ4v) is 6.82. The molecule has 0 radical (unpaired) electrons. The molecule has 0 saturated carbocycles. The Balaban J connectivity index is 1.47. The Bertz CT molecular complexity index is 1540. The van der Waals surface area contributed by atoms with Crippen LogP contribution in [0.4, 0.5) is 5.69 Å². The maximum absolute atomic E-state index is 13.8. The van der Waals surface area contributed by atoms with Gasteiger partial charge in [-0.2, -0.15) is 0 Å². The van der Waals surface area contributed by atoms with Gasteiger partial charge in [0.2, 0.25) is 11.8 Å². The SMILES string of the molecule is Cc1cc(/C=C(/CC[C@@H](O)C2=C(C(C)C)C[C@H]3C(=O)N(c4ccccc4)C(=O)[C@H]3[C@H]2CO)c2ccccn2)cc(C)c1O. The number of anilines is 1. The van der Waals surface area contributed by atoms with Crippen molar-refractivity contribution in [2.75, 3.05) is 11.5 Å². The third-order valence-corrected chi connectivity index (χ3v) is 8.92. The van der Waals surface area contributed by atoms with Crippen molar-refractivity contribution in [3.63, 3.8) is 0 Å². The van der Waals surface area contributed by atoms with Crippen LogP contribution in [0.15, 0.2) is 78.0 Å². The number of aromatic nitrogens is 1. The van der Waals surface area contributed by atoms with Gasteiger partial charge in [0.05, 0.1) is 35.9 Å². The molecule has 0 unspecified atom stereocenters. The standard InChI is InChI=1S/C36H40N2O5/c1-21(2)27-19-28-33(36(43)38(35(28)42)26-10-6-5-7-11-26)29(20-39)32(27)31(40)14-13-25(30-12-8-9-15-37-30)18-24-16-22(3)34(41)23(4)17-24/h5-12,15-18,21,28-29,31,33,39-41H,13-14,19-20H2,1-4H3/b25-18-/t28-,29+,31-,33-/m1/s1. The number of aliphatic hydroxyl groups excluding tert-OH is 2. The number of carbonyl (C=O) groups excluding carboxylic acids is 2. The monoisotopic (exact) mass is 580 g/mol. The number of amides is 2. The molecule has 2 aromatic carbocycles. The van der Waals surface area contributed by atoms with E-state index in [2.05, 4.69) is 4.98 Å². The summed E-state index contributed by atoms with van der Waals surface area (Å²) in [4.78, 5) is 33.2. The molecule has 1 aromatic heterocycles. The number of nitrogens with zero attached hydrogens (tertiary/aromatic N) is 2. The fraction of sp³-hybridized carbons (Fsp3) is 0.361. The van der Waals surface area contributed by atoms with Crippen molar-refractivity contribution in [3.8, 4) is 5.75 Å². The predicted octanol–water partition coefficient (Wildman–Crippen LogP) is 5.86. The summed E-state index contributed by atoms with van der Waals surface area (Å²) in [5.74, 6) is -2.20. The average molecular weight is 581 g/mol. The number of fused-ring (bicyclic) bond motifs is 1. The zero-order chi connectivity index (χ0) is 30.8. The average Bonchev–Trinajstić information content (AvgIpc) is 3.26. The molecule has 3 aromatic rings. The van der Waals surface area contributed by atoms with Gasteiger partial charge >= 0.3 is 0 Å². The molecule has 0 spiro atoms. The Hall–Kier alpha value is -4.07. The highest BCUT2D eigenvalue weighted by molar-refractivity contribution is 6.22.